The second-order valence-electron chi connectivity index (χ2n) is 3.91. The van der Waals surface area contributed by atoms with Crippen molar-refractivity contribution in [2.24, 2.45) is 11.8 Å². The number of allylic oxidation sites excluding steroid dienone is 1. The molecule has 1 heteroatoms. The number of rotatable bonds is 4. The molecule has 0 nitrogen and oxygen atoms in total. The van der Waals surface area contributed by atoms with Crippen molar-refractivity contribution in [1.82, 2.24) is 0 Å². The van der Waals surface area contributed by atoms with Gasteiger partial charge in [0.15, 0.2) is 0 Å². The molecule has 0 N–H and O–H groups in total. The third-order valence-electron chi connectivity index (χ3n) is 2.95. The molecule has 0 aromatic rings. The van der Waals surface area contributed by atoms with E-state index in [0.29, 0.717) is 0 Å². The molecule has 2 unspecified atom stereocenters. The van der Waals surface area contributed by atoms with Crippen LogP contribution in [0, 0.1) is 11.8 Å². The average molecular weight is 170 g/mol. The highest BCUT2D eigenvalue weighted by Crippen LogP contribution is 2.36. The first kappa shape index (κ1) is 9.76. The molecule has 0 radical (unpaired) electrons. The van der Waals surface area contributed by atoms with E-state index in [9.17, 15) is 4.39 Å². The molecular weight excluding hydrogens is 151 g/mol. The zero-order valence-electron chi connectivity index (χ0n) is 7.93. The molecule has 1 aliphatic rings. The third kappa shape index (κ3) is 2.33. The highest BCUT2D eigenvalue weighted by Gasteiger charge is 2.28. The van der Waals surface area contributed by atoms with Crippen LogP contribution in [0.5, 0.6) is 0 Å². The average Bonchev–Trinajstić information content (AvgIpc) is 2.52. The van der Waals surface area contributed by atoms with Crippen LogP contribution in [0.25, 0.3) is 0 Å². The van der Waals surface area contributed by atoms with E-state index in [1.807, 2.05) is 0 Å². The third-order valence-corrected chi connectivity index (χ3v) is 2.95. The summed E-state index contributed by atoms with van der Waals surface area (Å²) in [5.74, 6) is 1.07. The summed E-state index contributed by atoms with van der Waals surface area (Å²) in [6.07, 6.45) is 6.60. The smallest absolute Gasteiger partial charge is 0.121 e. The van der Waals surface area contributed by atoms with Crippen LogP contribution in [-0.2, 0) is 0 Å². The van der Waals surface area contributed by atoms with Gasteiger partial charge in [-0.25, -0.2) is 4.39 Å². The fraction of sp³-hybridized carbons (Fsp3) is 0.818. The van der Waals surface area contributed by atoms with Gasteiger partial charge in [0.25, 0.3) is 0 Å². The number of alkyl halides is 1. The van der Waals surface area contributed by atoms with E-state index < -0.39 is 6.17 Å². The second kappa shape index (κ2) is 4.64. The van der Waals surface area contributed by atoms with Crippen molar-refractivity contribution in [3.63, 3.8) is 0 Å². The fourth-order valence-corrected chi connectivity index (χ4v) is 2.27. The maximum Gasteiger partial charge on any atom is 0.121 e. The maximum absolute atomic E-state index is 13.1. The molecule has 1 aliphatic carbocycles. The van der Waals surface area contributed by atoms with Crippen molar-refractivity contribution in [3.05, 3.63) is 12.7 Å². The Morgan fingerprint density at radius 1 is 1.58 bits per heavy atom. The molecule has 1 fully saturated rings. The molecule has 3 atom stereocenters. The lowest BCUT2D eigenvalue weighted by Crippen LogP contribution is -2.09. The Hall–Kier alpha value is -0.330. The van der Waals surface area contributed by atoms with Crippen LogP contribution in [0.3, 0.4) is 0 Å². The normalized spacial score (nSPS) is 31.8. The molecule has 0 aromatic heterocycles. The molecule has 0 heterocycles. The number of halogens is 1. The van der Waals surface area contributed by atoms with Gasteiger partial charge in [0.2, 0.25) is 0 Å². The zero-order chi connectivity index (χ0) is 8.97. The first-order valence-corrected chi connectivity index (χ1v) is 5.04. The second-order valence-corrected chi connectivity index (χ2v) is 3.91. The Morgan fingerprint density at radius 2 is 2.33 bits per heavy atom. The van der Waals surface area contributed by atoms with Crippen LogP contribution in [0.4, 0.5) is 4.39 Å². The number of hydrogen-bond acceptors (Lipinski definition) is 0. The van der Waals surface area contributed by atoms with Crippen LogP contribution in [0.1, 0.15) is 39.0 Å². The highest BCUT2D eigenvalue weighted by atomic mass is 19.1. The highest BCUT2D eigenvalue weighted by molar-refractivity contribution is 4.89. The van der Waals surface area contributed by atoms with Crippen LogP contribution in [-0.4, -0.2) is 6.17 Å². The predicted octanol–water partition coefficient (Wildman–Crippen LogP) is 3.73. The summed E-state index contributed by atoms with van der Waals surface area (Å²) in [6.45, 7) is 5.70. The Bertz CT molecular complexity index is 142. The van der Waals surface area contributed by atoms with Crippen LogP contribution >= 0.6 is 0 Å². The van der Waals surface area contributed by atoms with Crippen molar-refractivity contribution in [2.75, 3.05) is 0 Å². The number of hydrogen-bond donors (Lipinski definition) is 0. The fourth-order valence-electron chi connectivity index (χ4n) is 2.27. The molecule has 1 saturated carbocycles. The Balaban J connectivity index is 2.29. The summed E-state index contributed by atoms with van der Waals surface area (Å²) >= 11 is 0. The van der Waals surface area contributed by atoms with Gasteiger partial charge in [-0.3, -0.25) is 0 Å². The zero-order valence-corrected chi connectivity index (χ0v) is 7.93. The van der Waals surface area contributed by atoms with E-state index in [2.05, 4.69) is 13.5 Å². The molecule has 12 heavy (non-hydrogen) atoms. The summed E-state index contributed by atoms with van der Waals surface area (Å²) < 4.78 is 13.1. The standard InChI is InChI=1S/C11H19F/c1-3-5-9-6-7-10(8-9)11(12)4-2/h4,9-11H,2-3,5-8H2,1H3/t9?,10-,11?/m1/s1. The van der Waals surface area contributed by atoms with Gasteiger partial charge in [0, 0.05) is 0 Å². The molecule has 0 saturated heterocycles. The van der Waals surface area contributed by atoms with Crippen LogP contribution < -0.4 is 0 Å². The van der Waals surface area contributed by atoms with Crippen molar-refractivity contribution in [1.29, 1.82) is 0 Å². The van der Waals surface area contributed by atoms with Crippen LogP contribution in [0.15, 0.2) is 12.7 Å². The molecule has 0 bridgehead atoms. The lowest BCUT2D eigenvalue weighted by Gasteiger charge is -2.11. The van der Waals surface area contributed by atoms with E-state index in [-0.39, 0.29) is 5.92 Å². The first-order chi connectivity index (χ1) is 5.77. The summed E-state index contributed by atoms with van der Waals surface area (Å²) in [5, 5.41) is 0. The van der Waals surface area contributed by atoms with Gasteiger partial charge in [0.1, 0.15) is 6.17 Å². The lowest BCUT2D eigenvalue weighted by molar-refractivity contribution is 0.276. The van der Waals surface area contributed by atoms with Gasteiger partial charge >= 0.3 is 0 Å². The molecule has 70 valence electrons. The Morgan fingerprint density at radius 3 is 2.92 bits per heavy atom. The van der Waals surface area contributed by atoms with Crippen molar-refractivity contribution in [2.45, 2.75) is 45.2 Å². The topological polar surface area (TPSA) is 0 Å². The summed E-state index contributed by atoms with van der Waals surface area (Å²) in [7, 11) is 0. The largest absolute Gasteiger partial charge is 0.243 e. The van der Waals surface area contributed by atoms with Crippen molar-refractivity contribution >= 4 is 0 Å². The predicted molar refractivity (Wildman–Crippen MR) is 50.8 cm³/mol. The molecule has 0 aliphatic heterocycles. The Kier molecular flexibility index (Phi) is 3.77. The molecular formula is C11H19F. The minimum Gasteiger partial charge on any atom is -0.243 e. The maximum atomic E-state index is 13.1. The van der Waals surface area contributed by atoms with E-state index >= 15 is 0 Å². The minimum atomic E-state index is -0.758. The van der Waals surface area contributed by atoms with E-state index in [1.165, 1.54) is 25.3 Å². The lowest BCUT2D eigenvalue weighted by atomic mass is 9.98. The Labute approximate surface area is 74.9 Å². The van der Waals surface area contributed by atoms with Crippen molar-refractivity contribution in [3.8, 4) is 0 Å². The van der Waals surface area contributed by atoms with E-state index in [0.717, 1.165) is 18.8 Å². The van der Waals surface area contributed by atoms with Gasteiger partial charge in [-0.2, -0.15) is 0 Å². The quantitative estimate of drug-likeness (QED) is 0.564. The summed E-state index contributed by atoms with van der Waals surface area (Å²) in [5.41, 5.74) is 0. The van der Waals surface area contributed by atoms with E-state index in [4.69, 9.17) is 0 Å². The minimum absolute atomic E-state index is 0.277. The van der Waals surface area contributed by atoms with Gasteiger partial charge in [-0.05, 0) is 24.7 Å². The van der Waals surface area contributed by atoms with Gasteiger partial charge < -0.3 is 0 Å². The summed E-state index contributed by atoms with van der Waals surface area (Å²) in [6, 6.07) is 0. The van der Waals surface area contributed by atoms with Crippen molar-refractivity contribution < 1.29 is 4.39 Å². The van der Waals surface area contributed by atoms with E-state index in [1.54, 1.807) is 0 Å². The van der Waals surface area contributed by atoms with Gasteiger partial charge in [-0.1, -0.05) is 32.3 Å². The molecule has 0 amide bonds. The first-order valence-electron chi connectivity index (χ1n) is 5.04. The molecule has 0 aromatic carbocycles. The SMILES string of the molecule is C=CC(F)[C@@H]1CCC(CCC)C1. The molecule has 1 rings (SSSR count). The van der Waals surface area contributed by atoms with Gasteiger partial charge in [0.05, 0.1) is 0 Å². The monoisotopic (exact) mass is 170 g/mol. The summed E-state index contributed by atoms with van der Waals surface area (Å²) in [4.78, 5) is 0. The van der Waals surface area contributed by atoms with Crippen LogP contribution in [0.2, 0.25) is 0 Å². The van der Waals surface area contributed by atoms with Gasteiger partial charge in [-0.15, -0.1) is 6.58 Å². The molecule has 0 spiro atoms.